The molecule has 0 saturated carbocycles. The van der Waals surface area contributed by atoms with Gasteiger partial charge in [0.15, 0.2) is 0 Å². The minimum atomic E-state index is -0.530. The Labute approximate surface area is 109 Å². The van der Waals surface area contributed by atoms with Gasteiger partial charge in [-0.05, 0) is 42.2 Å². The molecular formula is C13H11N3OS. The fourth-order valence-electron chi connectivity index (χ4n) is 1.81. The number of rotatable bonds is 2. The molecule has 0 atom stereocenters. The number of azide groups is 1. The Morgan fingerprint density at radius 2 is 1.89 bits per heavy atom. The van der Waals surface area contributed by atoms with Crippen molar-refractivity contribution in [2.24, 2.45) is 5.11 Å². The molecule has 0 N–H and O–H groups in total. The van der Waals surface area contributed by atoms with Gasteiger partial charge in [0.1, 0.15) is 0 Å². The van der Waals surface area contributed by atoms with Gasteiger partial charge in [0.05, 0.1) is 4.88 Å². The molecule has 0 bridgehead atoms. The maximum atomic E-state index is 11.4. The summed E-state index contributed by atoms with van der Waals surface area (Å²) in [5.74, 6) is -0.530. The fourth-order valence-corrected chi connectivity index (χ4v) is 2.69. The molecular weight excluding hydrogens is 246 g/mol. The molecule has 0 saturated heterocycles. The normalized spacial score (nSPS) is 9.89. The molecule has 5 heteroatoms. The lowest BCUT2D eigenvalue weighted by Crippen LogP contribution is -1.86. The molecule has 90 valence electrons. The zero-order valence-corrected chi connectivity index (χ0v) is 10.9. The number of hydrogen-bond donors (Lipinski definition) is 0. The van der Waals surface area contributed by atoms with E-state index in [1.54, 1.807) is 6.07 Å². The summed E-state index contributed by atoms with van der Waals surface area (Å²) in [5.41, 5.74) is 11.7. The van der Waals surface area contributed by atoms with E-state index in [9.17, 15) is 4.79 Å². The first-order valence-electron chi connectivity index (χ1n) is 5.38. The highest BCUT2D eigenvalue weighted by atomic mass is 32.1. The smallest absolute Gasteiger partial charge is 0.259 e. The molecule has 0 unspecified atom stereocenters. The van der Waals surface area contributed by atoms with Crippen LogP contribution in [0.3, 0.4) is 0 Å². The number of nitrogens with zero attached hydrogens (tertiary/aromatic N) is 3. The van der Waals surface area contributed by atoms with Crippen LogP contribution in [0.1, 0.15) is 20.8 Å². The Kier molecular flexibility index (Phi) is 3.46. The van der Waals surface area contributed by atoms with E-state index in [4.69, 9.17) is 5.53 Å². The van der Waals surface area contributed by atoms with Crippen molar-refractivity contribution in [3.05, 3.63) is 56.8 Å². The van der Waals surface area contributed by atoms with Gasteiger partial charge in [-0.2, -0.15) is 0 Å². The highest BCUT2D eigenvalue weighted by molar-refractivity contribution is 7.17. The summed E-state index contributed by atoms with van der Waals surface area (Å²) >= 11 is 1.34. The molecule has 0 fully saturated rings. The zero-order chi connectivity index (χ0) is 13.1. The van der Waals surface area contributed by atoms with E-state index in [0.717, 1.165) is 10.4 Å². The number of thiophene rings is 1. The van der Waals surface area contributed by atoms with Crippen molar-refractivity contribution >= 4 is 17.2 Å². The summed E-state index contributed by atoms with van der Waals surface area (Å²) in [6, 6.07) is 9.80. The van der Waals surface area contributed by atoms with E-state index < -0.39 is 5.91 Å². The van der Waals surface area contributed by atoms with Crippen LogP contribution in [0.4, 0.5) is 0 Å². The van der Waals surface area contributed by atoms with E-state index in [0.29, 0.717) is 4.88 Å². The summed E-state index contributed by atoms with van der Waals surface area (Å²) < 4.78 is 0. The lowest BCUT2D eigenvalue weighted by molar-refractivity contribution is 0.100. The summed E-state index contributed by atoms with van der Waals surface area (Å²) in [6.45, 7) is 4.08. The van der Waals surface area contributed by atoms with Crippen LogP contribution < -0.4 is 0 Å². The van der Waals surface area contributed by atoms with Crippen molar-refractivity contribution in [3.8, 4) is 10.4 Å². The fraction of sp³-hybridized carbons (Fsp3) is 0.154. The van der Waals surface area contributed by atoms with Crippen LogP contribution in [-0.4, -0.2) is 5.91 Å². The summed E-state index contributed by atoms with van der Waals surface area (Å²) in [6.07, 6.45) is 0. The maximum absolute atomic E-state index is 11.4. The van der Waals surface area contributed by atoms with Crippen molar-refractivity contribution in [2.45, 2.75) is 13.8 Å². The SMILES string of the molecule is Cc1cc(C)cc(-c2ccc(C(=O)N=[N+]=[N-])s2)c1. The van der Waals surface area contributed by atoms with Gasteiger partial charge in [-0.3, -0.25) is 4.79 Å². The molecule has 0 aliphatic heterocycles. The Balaban J connectivity index is 2.40. The molecule has 1 amide bonds. The average molecular weight is 257 g/mol. The van der Waals surface area contributed by atoms with E-state index in [1.807, 2.05) is 19.9 Å². The van der Waals surface area contributed by atoms with Crippen LogP contribution in [0.15, 0.2) is 35.4 Å². The van der Waals surface area contributed by atoms with Gasteiger partial charge in [0, 0.05) is 9.79 Å². The van der Waals surface area contributed by atoms with Crippen LogP contribution in [0.2, 0.25) is 0 Å². The number of benzene rings is 1. The van der Waals surface area contributed by atoms with Crippen LogP contribution in [0, 0.1) is 13.8 Å². The first-order chi connectivity index (χ1) is 8.60. The zero-order valence-electron chi connectivity index (χ0n) is 10.0. The van der Waals surface area contributed by atoms with E-state index in [-0.39, 0.29) is 0 Å². The minimum absolute atomic E-state index is 0.460. The number of aryl methyl sites for hydroxylation is 2. The molecule has 4 nitrogen and oxygen atoms in total. The second-order valence-corrected chi connectivity index (χ2v) is 5.12. The van der Waals surface area contributed by atoms with Gasteiger partial charge in [0.25, 0.3) is 5.91 Å². The molecule has 1 heterocycles. The third kappa shape index (κ3) is 2.59. The average Bonchev–Trinajstić information content (AvgIpc) is 2.77. The molecule has 18 heavy (non-hydrogen) atoms. The second-order valence-electron chi connectivity index (χ2n) is 4.03. The maximum Gasteiger partial charge on any atom is 0.259 e. The quantitative estimate of drug-likeness (QED) is 0.444. The first kappa shape index (κ1) is 12.4. The van der Waals surface area contributed by atoms with Gasteiger partial charge in [-0.15, -0.1) is 11.3 Å². The topological polar surface area (TPSA) is 65.8 Å². The molecule has 2 aromatic rings. The first-order valence-corrected chi connectivity index (χ1v) is 6.20. The molecule has 0 aliphatic carbocycles. The van der Waals surface area contributed by atoms with E-state index >= 15 is 0 Å². The standard InChI is InChI=1S/C13H11N3OS/c1-8-5-9(2)7-10(6-8)11-3-4-12(18-11)13(17)15-16-14/h3-7H,1-2H3. The van der Waals surface area contributed by atoms with Crippen molar-refractivity contribution < 1.29 is 4.79 Å². The third-order valence-electron chi connectivity index (χ3n) is 2.46. The number of carbonyl (C=O) groups is 1. The van der Waals surface area contributed by atoms with E-state index in [2.05, 4.69) is 28.2 Å². The van der Waals surface area contributed by atoms with Gasteiger partial charge in [0.2, 0.25) is 0 Å². The van der Waals surface area contributed by atoms with Crippen molar-refractivity contribution in [3.63, 3.8) is 0 Å². The predicted molar refractivity (Wildman–Crippen MR) is 72.7 cm³/mol. The van der Waals surface area contributed by atoms with Gasteiger partial charge in [-0.1, -0.05) is 29.3 Å². The molecule has 1 aromatic carbocycles. The lowest BCUT2D eigenvalue weighted by Gasteiger charge is -2.02. The third-order valence-corrected chi connectivity index (χ3v) is 3.58. The Morgan fingerprint density at radius 3 is 2.50 bits per heavy atom. The van der Waals surface area contributed by atoms with Crippen molar-refractivity contribution in [1.29, 1.82) is 0 Å². The molecule has 0 radical (unpaired) electrons. The lowest BCUT2D eigenvalue weighted by atomic mass is 10.1. The minimum Gasteiger partial charge on any atom is -0.286 e. The number of carbonyl (C=O) groups excluding carboxylic acids is 1. The summed E-state index contributed by atoms with van der Waals surface area (Å²) in [7, 11) is 0. The van der Waals surface area contributed by atoms with Gasteiger partial charge >= 0.3 is 0 Å². The molecule has 1 aromatic heterocycles. The molecule has 0 spiro atoms. The Hall–Kier alpha value is -2.10. The van der Waals surface area contributed by atoms with Crippen LogP contribution in [0.25, 0.3) is 20.9 Å². The second kappa shape index (κ2) is 5.04. The van der Waals surface area contributed by atoms with E-state index in [1.165, 1.54) is 22.5 Å². The highest BCUT2D eigenvalue weighted by Crippen LogP contribution is 2.29. The van der Waals surface area contributed by atoms with Gasteiger partial charge < -0.3 is 0 Å². The molecule has 0 aliphatic rings. The van der Waals surface area contributed by atoms with Crippen molar-refractivity contribution in [2.75, 3.05) is 0 Å². The van der Waals surface area contributed by atoms with Crippen LogP contribution >= 0.6 is 11.3 Å². The monoisotopic (exact) mass is 257 g/mol. The highest BCUT2D eigenvalue weighted by Gasteiger charge is 2.09. The Bertz CT molecular complexity index is 634. The summed E-state index contributed by atoms with van der Waals surface area (Å²) in [4.78, 5) is 15.4. The Morgan fingerprint density at radius 1 is 1.22 bits per heavy atom. The largest absolute Gasteiger partial charge is 0.286 e. The molecule has 2 rings (SSSR count). The summed E-state index contributed by atoms with van der Waals surface area (Å²) in [5, 5.41) is 3.09. The number of amides is 1. The number of hydrogen-bond acceptors (Lipinski definition) is 2. The van der Waals surface area contributed by atoms with Crippen LogP contribution in [-0.2, 0) is 0 Å². The van der Waals surface area contributed by atoms with Gasteiger partial charge in [-0.25, -0.2) is 0 Å². The van der Waals surface area contributed by atoms with Crippen LogP contribution in [0.5, 0.6) is 0 Å². The van der Waals surface area contributed by atoms with Crippen molar-refractivity contribution in [1.82, 2.24) is 0 Å². The predicted octanol–water partition coefficient (Wildman–Crippen LogP) is 4.48.